The Balaban J connectivity index is 1.70. The lowest BCUT2D eigenvalue weighted by atomic mass is 9.89. The van der Waals surface area contributed by atoms with Crippen LogP contribution < -0.4 is 14.8 Å². The Morgan fingerprint density at radius 3 is 2.63 bits per heavy atom. The number of carbonyl (C=O) groups is 1. The van der Waals surface area contributed by atoms with Gasteiger partial charge in [-0.2, -0.15) is 0 Å². The molecule has 156 valence electrons. The molecule has 1 N–H and O–H groups in total. The minimum absolute atomic E-state index is 0.0339. The van der Waals surface area contributed by atoms with E-state index >= 15 is 0 Å². The van der Waals surface area contributed by atoms with Crippen molar-refractivity contribution >= 4 is 22.9 Å². The van der Waals surface area contributed by atoms with Gasteiger partial charge in [0.25, 0.3) is 0 Å². The maximum atomic E-state index is 13.3. The summed E-state index contributed by atoms with van der Waals surface area (Å²) < 4.78 is 24.7. The fourth-order valence-corrected chi connectivity index (χ4v) is 4.78. The summed E-state index contributed by atoms with van der Waals surface area (Å²) >= 11 is 1.61. The van der Waals surface area contributed by atoms with Gasteiger partial charge in [-0.15, -0.1) is 11.3 Å². The molecule has 0 unspecified atom stereocenters. The molecule has 0 radical (unpaired) electrons. The quantitative estimate of drug-likeness (QED) is 0.521. The Hall–Kier alpha value is -2.86. The van der Waals surface area contributed by atoms with E-state index in [4.69, 9.17) is 9.47 Å². The van der Waals surface area contributed by atoms with Gasteiger partial charge in [0.2, 0.25) is 5.91 Å². The van der Waals surface area contributed by atoms with Crippen molar-refractivity contribution in [3.05, 3.63) is 64.1 Å². The summed E-state index contributed by atoms with van der Waals surface area (Å²) in [5.74, 6) is 1.39. The maximum Gasteiger partial charge on any atom is 0.225 e. The Morgan fingerprint density at radius 2 is 1.93 bits per heavy atom. The van der Waals surface area contributed by atoms with Gasteiger partial charge in [0.1, 0.15) is 5.82 Å². The first kappa shape index (κ1) is 20.4. The van der Waals surface area contributed by atoms with Crippen molar-refractivity contribution in [2.45, 2.75) is 26.2 Å². The first-order valence-corrected chi connectivity index (χ1v) is 10.8. The first-order chi connectivity index (χ1) is 14.5. The molecule has 0 fully saturated rings. The van der Waals surface area contributed by atoms with Crippen LogP contribution in [0.15, 0.2) is 47.8 Å². The molecule has 4 rings (SSSR count). The summed E-state index contributed by atoms with van der Waals surface area (Å²) in [5, 5.41) is 5.04. The molecule has 1 aliphatic rings. The molecule has 3 aromatic rings. The maximum absolute atomic E-state index is 13.3. The van der Waals surface area contributed by atoms with E-state index in [9.17, 15) is 9.18 Å². The average Bonchev–Trinajstić information content (AvgIpc) is 3.15. The van der Waals surface area contributed by atoms with Crippen molar-refractivity contribution in [1.29, 1.82) is 0 Å². The smallest absolute Gasteiger partial charge is 0.225 e. The molecule has 0 saturated heterocycles. The van der Waals surface area contributed by atoms with Crippen LogP contribution in [0.2, 0.25) is 0 Å². The number of methoxy groups -OCH3 is 1. The van der Waals surface area contributed by atoms with E-state index in [1.807, 2.05) is 23.6 Å². The highest BCUT2D eigenvalue weighted by atomic mass is 32.1. The largest absolute Gasteiger partial charge is 0.493 e. The highest BCUT2D eigenvalue weighted by molar-refractivity contribution is 7.11. The molecule has 1 atom stereocenters. The van der Waals surface area contributed by atoms with Crippen LogP contribution >= 0.6 is 11.3 Å². The second-order valence-corrected chi connectivity index (χ2v) is 8.73. The topological polar surface area (TPSA) is 47.6 Å². The van der Waals surface area contributed by atoms with E-state index in [2.05, 4.69) is 19.2 Å². The fourth-order valence-electron chi connectivity index (χ4n) is 3.61. The number of thiophene rings is 1. The molecular weight excluding hydrogens is 401 g/mol. The zero-order valence-corrected chi connectivity index (χ0v) is 18.0. The Kier molecular flexibility index (Phi) is 5.77. The Bertz CT molecular complexity index is 1060. The van der Waals surface area contributed by atoms with E-state index in [0.717, 1.165) is 27.3 Å². The lowest BCUT2D eigenvalue weighted by Gasteiger charge is -2.24. The molecule has 0 aliphatic carbocycles. The zero-order chi connectivity index (χ0) is 21.3. The second-order valence-electron chi connectivity index (χ2n) is 7.82. The van der Waals surface area contributed by atoms with Crippen LogP contribution in [0, 0.1) is 11.7 Å². The number of carbonyl (C=O) groups excluding carboxylic acids is 1. The van der Waals surface area contributed by atoms with Crippen molar-refractivity contribution in [2.24, 2.45) is 5.92 Å². The number of halogens is 1. The highest BCUT2D eigenvalue weighted by Gasteiger charge is 2.31. The van der Waals surface area contributed by atoms with Gasteiger partial charge in [-0.25, -0.2) is 4.39 Å². The van der Waals surface area contributed by atoms with Gasteiger partial charge in [0.15, 0.2) is 11.5 Å². The van der Waals surface area contributed by atoms with Crippen LogP contribution in [0.5, 0.6) is 11.5 Å². The first-order valence-electron chi connectivity index (χ1n) is 9.94. The third kappa shape index (κ3) is 4.05. The molecule has 1 aliphatic heterocycles. The summed E-state index contributed by atoms with van der Waals surface area (Å²) in [4.78, 5) is 13.6. The predicted molar refractivity (Wildman–Crippen MR) is 118 cm³/mol. The highest BCUT2D eigenvalue weighted by Crippen LogP contribution is 2.47. The van der Waals surface area contributed by atoms with Crippen LogP contribution in [0.4, 0.5) is 10.1 Å². The molecule has 0 spiro atoms. The Labute approximate surface area is 179 Å². The van der Waals surface area contributed by atoms with Gasteiger partial charge in [0, 0.05) is 28.2 Å². The number of benzene rings is 2. The molecule has 2 aromatic carbocycles. The molecule has 4 nitrogen and oxygen atoms in total. The molecule has 0 bridgehead atoms. The SMILES string of the molecule is COc1cc([C@H]2CC(=O)Nc3c(-c4ccc(F)cc4)csc32)ccc1OCC(C)C. The van der Waals surface area contributed by atoms with Gasteiger partial charge in [-0.05, 0) is 41.3 Å². The minimum atomic E-state index is -0.281. The number of hydrogen-bond donors (Lipinski definition) is 1. The number of amides is 1. The van der Waals surface area contributed by atoms with E-state index in [1.165, 1.54) is 12.1 Å². The summed E-state index contributed by atoms with van der Waals surface area (Å²) in [6.45, 7) is 4.80. The summed E-state index contributed by atoms with van der Waals surface area (Å²) in [7, 11) is 1.62. The number of nitrogens with one attached hydrogen (secondary N) is 1. The fraction of sp³-hybridized carbons (Fsp3) is 0.292. The van der Waals surface area contributed by atoms with Crippen molar-refractivity contribution in [2.75, 3.05) is 19.0 Å². The summed E-state index contributed by atoms with van der Waals surface area (Å²) in [6, 6.07) is 12.2. The van der Waals surface area contributed by atoms with Crippen LogP contribution in [0.1, 0.15) is 36.6 Å². The van der Waals surface area contributed by atoms with E-state index in [0.29, 0.717) is 30.4 Å². The molecule has 1 amide bonds. The average molecular weight is 426 g/mol. The normalized spacial score (nSPS) is 15.6. The van der Waals surface area contributed by atoms with Crippen LogP contribution in [-0.4, -0.2) is 19.6 Å². The van der Waals surface area contributed by atoms with E-state index in [1.54, 1.807) is 30.6 Å². The van der Waals surface area contributed by atoms with Gasteiger partial charge in [-0.3, -0.25) is 4.79 Å². The number of anilines is 1. The van der Waals surface area contributed by atoms with Gasteiger partial charge in [0.05, 0.1) is 19.4 Å². The molecule has 0 saturated carbocycles. The van der Waals surface area contributed by atoms with E-state index < -0.39 is 0 Å². The van der Waals surface area contributed by atoms with E-state index in [-0.39, 0.29) is 17.6 Å². The zero-order valence-electron chi connectivity index (χ0n) is 17.2. The monoisotopic (exact) mass is 425 g/mol. The Morgan fingerprint density at radius 1 is 1.17 bits per heavy atom. The lowest BCUT2D eigenvalue weighted by Crippen LogP contribution is -2.22. The lowest BCUT2D eigenvalue weighted by molar-refractivity contribution is -0.116. The van der Waals surface area contributed by atoms with Crippen LogP contribution in [-0.2, 0) is 4.79 Å². The summed E-state index contributed by atoms with van der Waals surface area (Å²) in [6.07, 6.45) is 0.367. The van der Waals surface area contributed by atoms with Gasteiger partial charge in [-0.1, -0.05) is 32.0 Å². The molecule has 2 heterocycles. The molecule has 1 aromatic heterocycles. The number of fused-ring (bicyclic) bond motifs is 1. The van der Waals surface area contributed by atoms with Crippen LogP contribution in [0.25, 0.3) is 11.1 Å². The second kappa shape index (κ2) is 8.48. The predicted octanol–water partition coefficient (Wildman–Crippen LogP) is 6.07. The summed E-state index contributed by atoms with van der Waals surface area (Å²) in [5.41, 5.74) is 3.61. The molecular formula is C24H24FNO3S. The van der Waals surface area contributed by atoms with Crippen molar-refractivity contribution in [3.8, 4) is 22.6 Å². The van der Waals surface area contributed by atoms with Crippen molar-refractivity contribution in [3.63, 3.8) is 0 Å². The van der Waals surface area contributed by atoms with Gasteiger partial charge < -0.3 is 14.8 Å². The standard InChI is InChI=1S/C24H24FNO3S/c1-14(2)12-29-20-9-6-16(10-21(20)28-3)18-11-22(27)26-23-19(13-30-24(18)23)15-4-7-17(25)8-5-15/h4-10,13-14,18H,11-12H2,1-3H3,(H,26,27)/t18-/m1/s1. The third-order valence-electron chi connectivity index (χ3n) is 5.11. The number of rotatable bonds is 6. The van der Waals surface area contributed by atoms with Crippen molar-refractivity contribution in [1.82, 2.24) is 0 Å². The van der Waals surface area contributed by atoms with Crippen molar-refractivity contribution < 1.29 is 18.7 Å². The molecule has 6 heteroatoms. The third-order valence-corrected chi connectivity index (χ3v) is 6.20. The molecule has 30 heavy (non-hydrogen) atoms. The number of hydrogen-bond acceptors (Lipinski definition) is 4. The minimum Gasteiger partial charge on any atom is -0.493 e. The van der Waals surface area contributed by atoms with Gasteiger partial charge >= 0.3 is 0 Å². The number of ether oxygens (including phenoxy) is 2. The van der Waals surface area contributed by atoms with Crippen LogP contribution in [0.3, 0.4) is 0 Å².